The van der Waals surface area contributed by atoms with Crippen LogP contribution in [-0.4, -0.2) is 37.4 Å². The van der Waals surface area contributed by atoms with Crippen molar-refractivity contribution in [3.63, 3.8) is 0 Å². The van der Waals surface area contributed by atoms with E-state index in [9.17, 15) is 4.79 Å². The summed E-state index contributed by atoms with van der Waals surface area (Å²) in [5.41, 5.74) is 0. The fraction of sp³-hybridized carbons (Fsp3) is 0.167. The fourth-order valence-corrected chi connectivity index (χ4v) is 2.74. The van der Waals surface area contributed by atoms with E-state index < -0.39 is 0 Å². The molecule has 1 amide bonds. The molecule has 1 fully saturated rings. The van der Waals surface area contributed by atoms with Gasteiger partial charge in [-0.2, -0.15) is 0 Å². The maximum absolute atomic E-state index is 12.3. The lowest BCUT2D eigenvalue weighted by atomic mass is 10.3. The number of thioether (sulfide) groups is 1. The quantitative estimate of drug-likeness (QED) is 0.803. The number of hydrogen-bond acceptors (Lipinski definition) is 6. The van der Waals surface area contributed by atoms with E-state index >= 15 is 0 Å². The molecule has 1 aliphatic heterocycles. The Balaban J connectivity index is 1.92. The second-order valence-corrected chi connectivity index (χ2v) is 4.91. The van der Waals surface area contributed by atoms with E-state index in [2.05, 4.69) is 15.3 Å². The summed E-state index contributed by atoms with van der Waals surface area (Å²) in [6.45, 7) is 2.44. The summed E-state index contributed by atoms with van der Waals surface area (Å²) in [5, 5.41) is 12.3. The number of amidine groups is 1. The van der Waals surface area contributed by atoms with Crippen molar-refractivity contribution >= 4 is 28.9 Å². The lowest BCUT2D eigenvalue weighted by Gasteiger charge is -2.11. The predicted octanol–water partition coefficient (Wildman–Crippen LogP) is 1.63. The van der Waals surface area contributed by atoms with E-state index in [-0.39, 0.29) is 5.91 Å². The third kappa shape index (κ3) is 2.37. The van der Waals surface area contributed by atoms with Crippen LogP contribution in [0.5, 0.6) is 0 Å². The molecule has 8 heteroatoms. The van der Waals surface area contributed by atoms with E-state index in [1.807, 2.05) is 6.92 Å². The van der Waals surface area contributed by atoms with Gasteiger partial charge in [-0.3, -0.25) is 9.69 Å². The van der Waals surface area contributed by atoms with Gasteiger partial charge < -0.3 is 4.42 Å². The van der Waals surface area contributed by atoms with Crippen molar-refractivity contribution in [3.8, 4) is 0 Å². The van der Waals surface area contributed by atoms with Gasteiger partial charge in [-0.25, -0.2) is 4.68 Å². The van der Waals surface area contributed by atoms with Crippen LogP contribution in [0.1, 0.15) is 12.7 Å². The Bertz CT molecular complexity index is 660. The first-order valence-corrected chi connectivity index (χ1v) is 6.78. The van der Waals surface area contributed by atoms with Crippen LogP contribution >= 0.6 is 11.8 Å². The molecular weight excluding hydrogens is 278 g/mol. The Morgan fingerprint density at radius 2 is 2.25 bits per heavy atom. The zero-order valence-corrected chi connectivity index (χ0v) is 11.4. The van der Waals surface area contributed by atoms with Crippen LogP contribution in [-0.2, 0) is 4.79 Å². The van der Waals surface area contributed by atoms with Gasteiger partial charge in [0, 0.05) is 12.6 Å². The van der Waals surface area contributed by atoms with Crippen molar-refractivity contribution in [1.29, 1.82) is 0 Å². The van der Waals surface area contributed by atoms with Gasteiger partial charge in [0.2, 0.25) is 0 Å². The van der Waals surface area contributed by atoms with Crippen molar-refractivity contribution < 1.29 is 9.21 Å². The summed E-state index contributed by atoms with van der Waals surface area (Å²) in [5.74, 6) is 0.558. The Morgan fingerprint density at radius 1 is 1.45 bits per heavy atom. The third-order valence-corrected chi connectivity index (χ3v) is 3.63. The normalized spacial score (nSPS) is 19.4. The molecule has 3 heterocycles. The van der Waals surface area contributed by atoms with Crippen LogP contribution in [0.4, 0.5) is 0 Å². The first kappa shape index (κ1) is 12.7. The van der Waals surface area contributed by atoms with E-state index in [1.165, 1.54) is 29.1 Å². The average Bonchev–Trinajstić information content (AvgIpc) is 3.15. The molecule has 0 atom stereocenters. The first-order chi connectivity index (χ1) is 9.78. The van der Waals surface area contributed by atoms with Gasteiger partial charge in [-0.05, 0) is 30.8 Å². The van der Waals surface area contributed by atoms with Crippen molar-refractivity contribution in [1.82, 2.24) is 19.8 Å². The smallest absolute Gasteiger partial charge is 0.266 e. The molecule has 0 spiro atoms. The molecule has 3 rings (SSSR count). The topological polar surface area (TPSA) is 76.5 Å². The molecule has 0 N–H and O–H groups in total. The SMILES string of the molecule is CCN1C(=O)/C(=C/c2ccco2)S/C1=N\n1cnnc1. The molecule has 1 aliphatic rings. The lowest BCUT2D eigenvalue weighted by molar-refractivity contribution is -0.122. The molecule has 0 aromatic carbocycles. The molecular formula is C12H11N5O2S. The summed E-state index contributed by atoms with van der Waals surface area (Å²) in [6, 6.07) is 3.58. The van der Waals surface area contributed by atoms with Crippen molar-refractivity contribution in [2.24, 2.45) is 5.10 Å². The van der Waals surface area contributed by atoms with Crippen molar-refractivity contribution in [2.75, 3.05) is 6.54 Å². The Labute approximate surface area is 119 Å². The molecule has 20 heavy (non-hydrogen) atoms. The van der Waals surface area contributed by atoms with Gasteiger partial charge in [0.05, 0.1) is 11.2 Å². The van der Waals surface area contributed by atoms with Crippen LogP contribution in [0, 0.1) is 0 Å². The molecule has 102 valence electrons. The monoisotopic (exact) mass is 289 g/mol. The highest BCUT2D eigenvalue weighted by atomic mass is 32.2. The number of aromatic nitrogens is 3. The number of carbonyl (C=O) groups is 1. The summed E-state index contributed by atoms with van der Waals surface area (Å²) in [4.78, 5) is 14.4. The lowest BCUT2D eigenvalue weighted by Crippen LogP contribution is -2.29. The Morgan fingerprint density at radius 3 is 2.90 bits per heavy atom. The van der Waals surface area contributed by atoms with Crippen LogP contribution < -0.4 is 0 Å². The van der Waals surface area contributed by atoms with Crippen molar-refractivity contribution in [3.05, 3.63) is 41.7 Å². The van der Waals surface area contributed by atoms with Gasteiger partial charge in [-0.1, -0.05) is 0 Å². The fourth-order valence-electron chi connectivity index (χ4n) is 1.71. The van der Waals surface area contributed by atoms with Gasteiger partial charge in [0.25, 0.3) is 5.91 Å². The standard InChI is InChI=1S/C12H11N5O2S/c1-2-17-11(18)10(6-9-4-3-5-19-9)20-12(17)15-16-7-13-14-8-16/h3-8H,2H2,1H3/b10-6-,15-12-. The number of likely N-dealkylation sites (N-methyl/N-ethyl adjacent to an activating group) is 1. The first-order valence-electron chi connectivity index (χ1n) is 5.96. The molecule has 0 bridgehead atoms. The predicted molar refractivity (Wildman–Crippen MR) is 74.5 cm³/mol. The largest absolute Gasteiger partial charge is 0.465 e. The van der Waals surface area contributed by atoms with Crippen LogP contribution in [0.25, 0.3) is 6.08 Å². The molecule has 1 saturated heterocycles. The van der Waals surface area contributed by atoms with E-state index in [4.69, 9.17) is 4.42 Å². The maximum Gasteiger partial charge on any atom is 0.266 e. The molecule has 0 saturated carbocycles. The molecule has 0 radical (unpaired) electrons. The number of rotatable bonds is 3. The number of amides is 1. The number of hydrogen-bond donors (Lipinski definition) is 0. The highest BCUT2D eigenvalue weighted by molar-refractivity contribution is 8.18. The molecule has 7 nitrogen and oxygen atoms in total. The number of furan rings is 1. The second kappa shape index (κ2) is 5.33. The van der Waals surface area contributed by atoms with Gasteiger partial charge in [-0.15, -0.1) is 15.3 Å². The van der Waals surface area contributed by atoms with Crippen LogP contribution in [0.15, 0.2) is 45.5 Å². The van der Waals surface area contributed by atoms with Crippen molar-refractivity contribution in [2.45, 2.75) is 6.92 Å². The number of nitrogens with zero attached hydrogens (tertiary/aromatic N) is 5. The highest BCUT2D eigenvalue weighted by Crippen LogP contribution is 2.32. The zero-order valence-electron chi connectivity index (χ0n) is 10.6. The van der Waals surface area contributed by atoms with E-state index in [0.717, 1.165) is 0 Å². The molecule has 0 aliphatic carbocycles. The summed E-state index contributed by atoms with van der Waals surface area (Å²) >= 11 is 1.30. The molecule has 0 unspecified atom stereocenters. The minimum absolute atomic E-state index is 0.0827. The Hall–Kier alpha value is -2.35. The Kier molecular flexibility index (Phi) is 3.38. The minimum atomic E-state index is -0.0827. The average molecular weight is 289 g/mol. The third-order valence-electron chi connectivity index (χ3n) is 2.63. The molecule has 2 aromatic heterocycles. The molecule has 2 aromatic rings. The summed E-state index contributed by atoms with van der Waals surface area (Å²) in [6.07, 6.45) is 6.23. The van der Waals surface area contributed by atoms with Gasteiger partial charge >= 0.3 is 0 Å². The highest BCUT2D eigenvalue weighted by Gasteiger charge is 2.32. The summed E-state index contributed by atoms with van der Waals surface area (Å²) in [7, 11) is 0. The summed E-state index contributed by atoms with van der Waals surface area (Å²) < 4.78 is 6.69. The minimum Gasteiger partial charge on any atom is -0.465 e. The van der Waals surface area contributed by atoms with Crippen LogP contribution in [0.2, 0.25) is 0 Å². The number of carbonyl (C=O) groups excluding carboxylic acids is 1. The maximum atomic E-state index is 12.3. The van der Waals surface area contributed by atoms with E-state index in [1.54, 1.807) is 29.4 Å². The second-order valence-electron chi connectivity index (χ2n) is 3.90. The zero-order chi connectivity index (χ0) is 13.9. The van der Waals surface area contributed by atoms with Crippen LogP contribution in [0.3, 0.4) is 0 Å². The van der Waals surface area contributed by atoms with Gasteiger partial charge in [0.15, 0.2) is 5.17 Å². The van der Waals surface area contributed by atoms with E-state index in [0.29, 0.717) is 22.4 Å². The van der Waals surface area contributed by atoms with Gasteiger partial charge in [0.1, 0.15) is 18.4 Å².